The fourth-order valence-electron chi connectivity index (χ4n) is 2.25. The Morgan fingerprint density at radius 3 is 2.26 bits per heavy atom. The van der Waals surface area contributed by atoms with Crippen LogP contribution in [0.4, 0.5) is 5.69 Å². The van der Waals surface area contributed by atoms with E-state index in [4.69, 9.17) is 5.11 Å². The average Bonchev–Trinajstić information content (AvgIpc) is 2.49. The lowest BCUT2D eigenvalue weighted by Gasteiger charge is -2.13. The number of nitrogens with one attached hydrogen (secondary N) is 1. The minimum absolute atomic E-state index is 0.0190. The van der Waals surface area contributed by atoms with Crippen LogP contribution in [0.15, 0.2) is 41.3 Å². The predicted molar refractivity (Wildman–Crippen MR) is 89.5 cm³/mol. The molecule has 0 fully saturated rings. The molecule has 122 valence electrons. The first-order chi connectivity index (χ1) is 10.7. The van der Waals surface area contributed by atoms with Crippen molar-refractivity contribution in [1.29, 1.82) is 0 Å². The average molecular weight is 333 g/mol. The molecule has 0 heterocycles. The predicted octanol–water partition coefficient (Wildman–Crippen LogP) is 3.36. The smallest absolute Gasteiger partial charge is 0.335 e. The lowest BCUT2D eigenvalue weighted by atomic mass is 10.1. The van der Waals surface area contributed by atoms with Gasteiger partial charge in [0.2, 0.25) is 0 Å². The first-order valence-electron chi connectivity index (χ1n) is 7.21. The van der Waals surface area contributed by atoms with Gasteiger partial charge in [-0.3, -0.25) is 4.72 Å². The summed E-state index contributed by atoms with van der Waals surface area (Å²) in [5, 5.41) is 9.12. The van der Waals surface area contributed by atoms with E-state index in [1.54, 1.807) is 26.0 Å². The van der Waals surface area contributed by atoms with E-state index in [9.17, 15) is 13.2 Å². The normalized spacial score (nSPS) is 11.3. The standard InChI is InChI=1S/C17H19NO4S/c1-4-13-5-7-15(8-6-13)18-23(21,22)16-10-14(17(19)20)9-11(2)12(16)3/h5-10,18H,4H2,1-3H3,(H,19,20). The Kier molecular flexibility index (Phi) is 4.75. The van der Waals surface area contributed by atoms with Crippen LogP contribution >= 0.6 is 0 Å². The second-order valence-electron chi connectivity index (χ2n) is 5.38. The molecule has 0 bridgehead atoms. The lowest BCUT2D eigenvalue weighted by molar-refractivity contribution is 0.0696. The van der Waals surface area contributed by atoms with Gasteiger partial charge >= 0.3 is 5.97 Å². The molecule has 5 nitrogen and oxygen atoms in total. The number of aryl methyl sites for hydroxylation is 2. The summed E-state index contributed by atoms with van der Waals surface area (Å²) < 4.78 is 27.7. The van der Waals surface area contributed by atoms with Crippen molar-refractivity contribution in [3.8, 4) is 0 Å². The van der Waals surface area contributed by atoms with E-state index in [1.807, 2.05) is 19.1 Å². The van der Waals surface area contributed by atoms with Crippen molar-refractivity contribution in [2.45, 2.75) is 32.1 Å². The largest absolute Gasteiger partial charge is 0.478 e. The number of rotatable bonds is 5. The zero-order valence-corrected chi connectivity index (χ0v) is 14.1. The molecular weight excluding hydrogens is 314 g/mol. The number of hydrogen-bond donors (Lipinski definition) is 2. The van der Waals surface area contributed by atoms with E-state index < -0.39 is 16.0 Å². The molecule has 0 spiro atoms. The minimum atomic E-state index is -3.86. The summed E-state index contributed by atoms with van der Waals surface area (Å²) >= 11 is 0. The van der Waals surface area contributed by atoms with Gasteiger partial charge in [-0.15, -0.1) is 0 Å². The highest BCUT2D eigenvalue weighted by molar-refractivity contribution is 7.92. The van der Waals surface area contributed by atoms with Crippen molar-refractivity contribution in [2.24, 2.45) is 0 Å². The van der Waals surface area contributed by atoms with Gasteiger partial charge in [0.05, 0.1) is 10.5 Å². The highest BCUT2D eigenvalue weighted by Crippen LogP contribution is 2.24. The van der Waals surface area contributed by atoms with Gasteiger partial charge in [-0.25, -0.2) is 13.2 Å². The summed E-state index contributed by atoms with van der Waals surface area (Å²) in [6.07, 6.45) is 0.867. The topological polar surface area (TPSA) is 83.5 Å². The van der Waals surface area contributed by atoms with Crippen LogP contribution in [-0.2, 0) is 16.4 Å². The number of benzene rings is 2. The van der Waals surface area contributed by atoms with Gasteiger partial charge < -0.3 is 5.11 Å². The maximum atomic E-state index is 12.6. The molecule has 6 heteroatoms. The Morgan fingerprint density at radius 1 is 1.13 bits per heavy atom. The van der Waals surface area contributed by atoms with Crippen LogP contribution in [0.5, 0.6) is 0 Å². The number of anilines is 1. The quantitative estimate of drug-likeness (QED) is 0.879. The number of hydrogen-bond acceptors (Lipinski definition) is 3. The van der Waals surface area contributed by atoms with Gasteiger partial charge in [0.1, 0.15) is 0 Å². The first-order valence-corrected chi connectivity index (χ1v) is 8.69. The molecular formula is C17H19NO4S. The molecule has 0 unspecified atom stereocenters. The third-order valence-corrected chi connectivity index (χ3v) is 5.28. The van der Waals surface area contributed by atoms with Gasteiger partial charge in [0, 0.05) is 5.69 Å². The molecule has 2 rings (SSSR count). The number of carboxylic acids is 1. The summed E-state index contributed by atoms with van der Waals surface area (Å²) in [5.74, 6) is -1.16. The first kappa shape index (κ1) is 17.0. The van der Waals surface area contributed by atoms with Gasteiger partial charge in [0.15, 0.2) is 0 Å². The molecule has 0 aliphatic heterocycles. The fourth-order valence-corrected chi connectivity index (χ4v) is 3.65. The molecule has 0 saturated carbocycles. The molecule has 23 heavy (non-hydrogen) atoms. The molecule has 0 amide bonds. The van der Waals surface area contributed by atoms with Crippen LogP contribution < -0.4 is 4.72 Å². The summed E-state index contributed by atoms with van der Waals surface area (Å²) in [4.78, 5) is 11.1. The van der Waals surface area contributed by atoms with Crippen LogP contribution in [-0.4, -0.2) is 19.5 Å². The zero-order valence-electron chi connectivity index (χ0n) is 13.3. The monoisotopic (exact) mass is 333 g/mol. The zero-order chi connectivity index (χ0) is 17.2. The molecule has 0 saturated heterocycles. The van der Waals surface area contributed by atoms with E-state index in [0.29, 0.717) is 16.8 Å². The Labute approximate surface area is 136 Å². The molecule has 2 aromatic carbocycles. The maximum Gasteiger partial charge on any atom is 0.335 e. The molecule has 2 N–H and O–H groups in total. The van der Waals surface area contributed by atoms with E-state index in [2.05, 4.69) is 4.72 Å². The van der Waals surface area contributed by atoms with Crippen LogP contribution in [0.1, 0.15) is 34.0 Å². The fraction of sp³-hybridized carbons (Fsp3) is 0.235. The van der Waals surface area contributed by atoms with Crippen molar-refractivity contribution in [3.63, 3.8) is 0 Å². The summed E-state index contributed by atoms with van der Waals surface area (Å²) in [5.41, 5.74) is 2.65. The number of aromatic carboxylic acids is 1. The molecule has 0 aliphatic rings. The Bertz CT molecular complexity index is 840. The Balaban J connectivity index is 2.44. The van der Waals surface area contributed by atoms with E-state index in [0.717, 1.165) is 12.0 Å². The molecule has 0 atom stereocenters. The second-order valence-corrected chi connectivity index (χ2v) is 7.03. The van der Waals surface area contributed by atoms with Gasteiger partial charge in [-0.2, -0.15) is 0 Å². The third kappa shape index (κ3) is 3.71. The summed E-state index contributed by atoms with van der Waals surface area (Å²) in [7, 11) is -3.86. The number of sulfonamides is 1. The molecule has 2 aromatic rings. The maximum absolute atomic E-state index is 12.6. The van der Waals surface area contributed by atoms with Crippen molar-refractivity contribution >= 4 is 21.7 Å². The molecule has 0 aliphatic carbocycles. The van der Waals surface area contributed by atoms with Crippen LogP contribution in [0, 0.1) is 13.8 Å². The second kappa shape index (κ2) is 6.42. The summed E-state index contributed by atoms with van der Waals surface area (Å²) in [6, 6.07) is 9.74. The SMILES string of the molecule is CCc1ccc(NS(=O)(=O)c2cc(C(=O)O)cc(C)c2C)cc1. The Hall–Kier alpha value is -2.34. The van der Waals surface area contributed by atoms with E-state index in [-0.39, 0.29) is 10.5 Å². The van der Waals surface area contributed by atoms with E-state index >= 15 is 0 Å². The minimum Gasteiger partial charge on any atom is -0.478 e. The van der Waals surface area contributed by atoms with Crippen molar-refractivity contribution in [1.82, 2.24) is 0 Å². The van der Waals surface area contributed by atoms with Crippen LogP contribution in [0.3, 0.4) is 0 Å². The molecule has 0 aromatic heterocycles. The Morgan fingerprint density at radius 2 is 1.74 bits per heavy atom. The van der Waals surface area contributed by atoms with Crippen LogP contribution in [0.2, 0.25) is 0 Å². The number of carbonyl (C=O) groups is 1. The molecule has 0 radical (unpaired) electrons. The van der Waals surface area contributed by atoms with E-state index in [1.165, 1.54) is 12.1 Å². The highest BCUT2D eigenvalue weighted by Gasteiger charge is 2.20. The van der Waals surface area contributed by atoms with Gasteiger partial charge in [-0.1, -0.05) is 19.1 Å². The van der Waals surface area contributed by atoms with Crippen molar-refractivity contribution < 1.29 is 18.3 Å². The van der Waals surface area contributed by atoms with Gasteiger partial charge in [0.25, 0.3) is 10.0 Å². The number of carboxylic acid groups (broad SMARTS) is 1. The lowest BCUT2D eigenvalue weighted by Crippen LogP contribution is -2.16. The van der Waals surface area contributed by atoms with Crippen molar-refractivity contribution in [3.05, 3.63) is 58.7 Å². The van der Waals surface area contributed by atoms with Crippen molar-refractivity contribution in [2.75, 3.05) is 4.72 Å². The highest BCUT2D eigenvalue weighted by atomic mass is 32.2. The summed E-state index contributed by atoms with van der Waals surface area (Å²) in [6.45, 7) is 5.37. The van der Waals surface area contributed by atoms with Crippen LogP contribution in [0.25, 0.3) is 0 Å². The van der Waals surface area contributed by atoms with Gasteiger partial charge in [-0.05, 0) is 61.2 Å². The third-order valence-electron chi connectivity index (χ3n) is 3.77.